The molecule has 1 aromatic carbocycles. The van der Waals surface area contributed by atoms with Gasteiger partial charge in [-0.3, -0.25) is 9.79 Å². The molecule has 1 atom stereocenters. The predicted octanol–water partition coefficient (Wildman–Crippen LogP) is 2.81. The van der Waals surface area contributed by atoms with E-state index in [1.165, 1.54) is 6.07 Å². The average molecular weight is 497 g/mol. The van der Waals surface area contributed by atoms with Gasteiger partial charge in [-0.1, -0.05) is 0 Å². The summed E-state index contributed by atoms with van der Waals surface area (Å²) in [7, 11) is 1.67. The standard InChI is InChI=1S/C18H25F2N3O3.HI/c1-3-25-17(24)13-5-4-9-23(12-13)18(21-2)22-8-10-26-14-6-7-15(19)16(20)11-14;/h6-7,11,13H,3-5,8-10,12H2,1-2H3,(H,21,22);1H. The van der Waals surface area contributed by atoms with E-state index in [-0.39, 0.29) is 48.2 Å². The molecular weight excluding hydrogens is 471 g/mol. The molecule has 0 amide bonds. The van der Waals surface area contributed by atoms with E-state index in [1.54, 1.807) is 14.0 Å². The molecule has 0 aromatic heterocycles. The van der Waals surface area contributed by atoms with Gasteiger partial charge in [0.05, 0.1) is 19.1 Å². The molecule has 6 nitrogen and oxygen atoms in total. The third kappa shape index (κ3) is 7.11. The highest BCUT2D eigenvalue weighted by Crippen LogP contribution is 2.18. The van der Waals surface area contributed by atoms with Crippen LogP contribution in [0.5, 0.6) is 5.75 Å². The Labute approximate surface area is 175 Å². The molecule has 1 N–H and O–H groups in total. The molecule has 1 aromatic rings. The van der Waals surface area contributed by atoms with Gasteiger partial charge in [-0.25, -0.2) is 8.78 Å². The van der Waals surface area contributed by atoms with Crippen molar-refractivity contribution in [3.63, 3.8) is 0 Å². The molecule has 1 unspecified atom stereocenters. The molecular formula is C18H26F2IN3O3. The zero-order valence-corrected chi connectivity index (χ0v) is 17.9. The minimum absolute atomic E-state index is 0. The number of esters is 1. The number of nitrogens with zero attached hydrogens (tertiary/aromatic N) is 2. The molecule has 0 spiro atoms. The van der Waals surface area contributed by atoms with E-state index >= 15 is 0 Å². The fourth-order valence-electron chi connectivity index (χ4n) is 2.85. The number of carbonyl (C=O) groups excluding carboxylic acids is 1. The lowest BCUT2D eigenvalue weighted by molar-refractivity contribution is -0.149. The molecule has 152 valence electrons. The molecule has 0 aliphatic carbocycles. The summed E-state index contributed by atoms with van der Waals surface area (Å²) in [6.07, 6.45) is 1.70. The number of piperidine rings is 1. The van der Waals surface area contributed by atoms with Crippen LogP contribution in [0.25, 0.3) is 0 Å². The predicted molar refractivity (Wildman–Crippen MR) is 110 cm³/mol. The Morgan fingerprint density at radius 3 is 2.81 bits per heavy atom. The first kappa shape index (κ1) is 23.4. The number of ether oxygens (including phenoxy) is 2. The average Bonchev–Trinajstić information content (AvgIpc) is 2.65. The Balaban J connectivity index is 0.00000364. The topological polar surface area (TPSA) is 63.2 Å². The molecule has 0 saturated carbocycles. The van der Waals surface area contributed by atoms with E-state index in [4.69, 9.17) is 9.47 Å². The number of nitrogens with one attached hydrogen (secondary N) is 1. The number of hydrogen-bond donors (Lipinski definition) is 1. The van der Waals surface area contributed by atoms with Crippen LogP contribution in [-0.4, -0.2) is 56.7 Å². The normalized spacial score (nSPS) is 17.1. The number of hydrogen-bond acceptors (Lipinski definition) is 4. The highest BCUT2D eigenvalue weighted by Gasteiger charge is 2.28. The molecule has 9 heteroatoms. The van der Waals surface area contributed by atoms with Crippen molar-refractivity contribution in [2.45, 2.75) is 19.8 Å². The molecule has 1 saturated heterocycles. The maximum absolute atomic E-state index is 13.1. The minimum atomic E-state index is -0.940. The summed E-state index contributed by atoms with van der Waals surface area (Å²) in [5.74, 6) is -1.23. The summed E-state index contributed by atoms with van der Waals surface area (Å²) in [5, 5.41) is 3.16. The smallest absolute Gasteiger partial charge is 0.310 e. The lowest BCUT2D eigenvalue weighted by Gasteiger charge is -2.33. The summed E-state index contributed by atoms with van der Waals surface area (Å²) >= 11 is 0. The zero-order chi connectivity index (χ0) is 18.9. The van der Waals surface area contributed by atoms with E-state index in [0.29, 0.717) is 25.7 Å². The Kier molecular flexibility index (Phi) is 10.3. The highest BCUT2D eigenvalue weighted by molar-refractivity contribution is 14.0. The molecule has 27 heavy (non-hydrogen) atoms. The summed E-state index contributed by atoms with van der Waals surface area (Å²) in [6, 6.07) is 3.42. The molecule has 0 bridgehead atoms. The lowest BCUT2D eigenvalue weighted by atomic mass is 9.98. The fraction of sp³-hybridized carbons (Fsp3) is 0.556. The Morgan fingerprint density at radius 2 is 2.15 bits per heavy atom. The molecule has 2 rings (SSSR count). The number of carbonyl (C=O) groups is 1. The third-order valence-corrected chi connectivity index (χ3v) is 4.10. The van der Waals surface area contributed by atoms with E-state index in [1.807, 2.05) is 4.90 Å². The fourth-order valence-corrected chi connectivity index (χ4v) is 2.85. The van der Waals surface area contributed by atoms with Crippen LogP contribution < -0.4 is 10.1 Å². The van der Waals surface area contributed by atoms with Gasteiger partial charge in [-0.2, -0.15) is 0 Å². The van der Waals surface area contributed by atoms with Crippen LogP contribution in [0.4, 0.5) is 8.78 Å². The van der Waals surface area contributed by atoms with Gasteiger partial charge in [0.1, 0.15) is 12.4 Å². The number of benzene rings is 1. The summed E-state index contributed by atoms with van der Waals surface area (Å²) < 4.78 is 36.5. The molecule has 1 aliphatic heterocycles. The Bertz CT molecular complexity index is 646. The Hall–Kier alpha value is -1.65. The van der Waals surface area contributed by atoms with Crippen LogP contribution in [0.3, 0.4) is 0 Å². The quantitative estimate of drug-likeness (QED) is 0.216. The van der Waals surface area contributed by atoms with Crippen molar-refractivity contribution in [1.29, 1.82) is 0 Å². The van der Waals surface area contributed by atoms with Gasteiger partial charge in [-0.15, -0.1) is 24.0 Å². The SMILES string of the molecule is CCOC(=O)C1CCCN(C(=NC)NCCOc2ccc(F)c(F)c2)C1.I. The number of halogens is 3. The van der Waals surface area contributed by atoms with E-state index in [2.05, 4.69) is 10.3 Å². The maximum atomic E-state index is 13.1. The van der Waals surface area contributed by atoms with Gasteiger partial charge in [0.15, 0.2) is 17.6 Å². The van der Waals surface area contributed by atoms with Crippen LogP contribution in [0.1, 0.15) is 19.8 Å². The summed E-state index contributed by atoms with van der Waals surface area (Å²) in [5.41, 5.74) is 0. The van der Waals surface area contributed by atoms with Crippen LogP contribution in [-0.2, 0) is 9.53 Å². The van der Waals surface area contributed by atoms with Gasteiger partial charge in [-0.05, 0) is 31.9 Å². The van der Waals surface area contributed by atoms with Crippen LogP contribution in [0, 0.1) is 17.6 Å². The monoisotopic (exact) mass is 497 g/mol. The first-order valence-electron chi connectivity index (χ1n) is 8.75. The Morgan fingerprint density at radius 1 is 1.37 bits per heavy atom. The van der Waals surface area contributed by atoms with Crippen molar-refractivity contribution in [1.82, 2.24) is 10.2 Å². The van der Waals surface area contributed by atoms with Crippen molar-refractivity contribution in [3.05, 3.63) is 29.8 Å². The molecule has 1 heterocycles. The lowest BCUT2D eigenvalue weighted by Crippen LogP contribution is -2.49. The van der Waals surface area contributed by atoms with Crippen molar-refractivity contribution in [2.24, 2.45) is 10.9 Å². The highest BCUT2D eigenvalue weighted by atomic mass is 127. The second-order valence-corrected chi connectivity index (χ2v) is 5.94. The first-order chi connectivity index (χ1) is 12.5. The van der Waals surface area contributed by atoms with E-state index in [0.717, 1.165) is 31.5 Å². The van der Waals surface area contributed by atoms with Crippen LogP contribution in [0.15, 0.2) is 23.2 Å². The van der Waals surface area contributed by atoms with Gasteiger partial charge in [0.2, 0.25) is 0 Å². The second kappa shape index (κ2) is 11.9. The van der Waals surface area contributed by atoms with Gasteiger partial charge in [0.25, 0.3) is 0 Å². The molecule has 0 radical (unpaired) electrons. The summed E-state index contributed by atoms with van der Waals surface area (Å²) in [6.45, 7) is 4.24. The number of aliphatic imine (C=N–C) groups is 1. The van der Waals surface area contributed by atoms with Crippen molar-refractivity contribution >= 4 is 35.9 Å². The van der Waals surface area contributed by atoms with Crippen molar-refractivity contribution in [2.75, 3.05) is 39.9 Å². The van der Waals surface area contributed by atoms with Crippen LogP contribution >= 0.6 is 24.0 Å². The van der Waals surface area contributed by atoms with Crippen molar-refractivity contribution < 1.29 is 23.0 Å². The second-order valence-electron chi connectivity index (χ2n) is 5.94. The number of likely N-dealkylation sites (tertiary alicyclic amines) is 1. The van der Waals surface area contributed by atoms with Crippen LogP contribution in [0.2, 0.25) is 0 Å². The van der Waals surface area contributed by atoms with Crippen molar-refractivity contribution in [3.8, 4) is 5.75 Å². The molecule has 1 fully saturated rings. The third-order valence-electron chi connectivity index (χ3n) is 4.10. The van der Waals surface area contributed by atoms with Gasteiger partial charge < -0.3 is 19.7 Å². The number of rotatable bonds is 6. The minimum Gasteiger partial charge on any atom is -0.492 e. The zero-order valence-electron chi connectivity index (χ0n) is 15.5. The van der Waals surface area contributed by atoms with E-state index in [9.17, 15) is 13.6 Å². The van der Waals surface area contributed by atoms with E-state index < -0.39 is 11.6 Å². The summed E-state index contributed by atoms with van der Waals surface area (Å²) in [4.78, 5) is 18.2. The number of guanidine groups is 1. The molecule has 1 aliphatic rings. The van der Waals surface area contributed by atoms with Gasteiger partial charge >= 0.3 is 5.97 Å². The van der Waals surface area contributed by atoms with Gasteiger partial charge in [0, 0.05) is 26.2 Å². The maximum Gasteiger partial charge on any atom is 0.310 e. The first-order valence-corrected chi connectivity index (χ1v) is 8.75. The largest absolute Gasteiger partial charge is 0.492 e.